The Balaban J connectivity index is 1.85. The number of aromatic nitrogens is 2. The smallest absolute Gasteiger partial charge is 0.449 e. The molecule has 9 heteroatoms. The van der Waals surface area contributed by atoms with E-state index >= 15 is 0 Å². The van der Waals surface area contributed by atoms with Gasteiger partial charge in [-0.25, -0.2) is 14.2 Å². The number of fused-ring (bicyclic) bond motifs is 1. The van der Waals surface area contributed by atoms with E-state index in [9.17, 15) is 14.0 Å². The quantitative estimate of drug-likeness (QED) is 0.786. The van der Waals surface area contributed by atoms with Gasteiger partial charge in [0.25, 0.3) is 0 Å². The first-order chi connectivity index (χ1) is 12.8. The molecule has 0 spiro atoms. The molecule has 1 unspecified atom stereocenters. The van der Waals surface area contributed by atoms with Crippen LogP contribution < -0.4 is 20.8 Å². The number of carboxylic acid groups (broad SMARTS) is 1. The summed E-state index contributed by atoms with van der Waals surface area (Å²) in [4.78, 5) is 29.7. The van der Waals surface area contributed by atoms with Crippen LogP contribution in [0.15, 0.2) is 17.1 Å². The Morgan fingerprint density at radius 2 is 2.26 bits per heavy atom. The lowest BCUT2D eigenvalue weighted by molar-refractivity contribution is 0.143. The summed E-state index contributed by atoms with van der Waals surface area (Å²) in [5.41, 5.74) is 5.40. The Labute approximate surface area is 154 Å². The fourth-order valence-corrected chi connectivity index (χ4v) is 3.60. The number of carbonyl (C=O) groups is 1. The Kier molecular flexibility index (Phi) is 4.06. The summed E-state index contributed by atoms with van der Waals surface area (Å²) < 4.78 is 21.1. The summed E-state index contributed by atoms with van der Waals surface area (Å²) in [6.45, 7) is 3.78. The highest BCUT2D eigenvalue weighted by Gasteiger charge is 2.35. The summed E-state index contributed by atoms with van der Waals surface area (Å²) in [6, 6.07) is 1.23. The van der Waals surface area contributed by atoms with Crippen LogP contribution in [-0.2, 0) is 0 Å². The Bertz CT molecular complexity index is 987. The van der Waals surface area contributed by atoms with Crippen LogP contribution in [0.2, 0.25) is 0 Å². The molecule has 0 bridgehead atoms. The van der Waals surface area contributed by atoms with Crippen molar-refractivity contribution in [3.05, 3.63) is 28.3 Å². The number of nitrogens with two attached hydrogens (primary N) is 1. The summed E-state index contributed by atoms with van der Waals surface area (Å²) in [7, 11) is 0. The number of hydrogen-bond donors (Lipinski definition) is 2. The third kappa shape index (κ3) is 3.12. The molecule has 0 aromatic carbocycles. The second kappa shape index (κ2) is 6.19. The zero-order valence-corrected chi connectivity index (χ0v) is 14.9. The summed E-state index contributed by atoms with van der Waals surface area (Å²) in [5.74, 6) is -0.760. The maximum atomic E-state index is 14.8. The number of pyridine rings is 2. The Morgan fingerprint density at radius 1 is 1.52 bits per heavy atom. The van der Waals surface area contributed by atoms with Crippen LogP contribution in [0, 0.1) is 11.2 Å². The van der Waals surface area contributed by atoms with Crippen molar-refractivity contribution in [1.82, 2.24) is 9.55 Å². The van der Waals surface area contributed by atoms with Crippen LogP contribution in [0.5, 0.6) is 5.75 Å². The van der Waals surface area contributed by atoms with Crippen molar-refractivity contribution in [2.45, 2.75) is 32.2 Å². The van der Waals surface area contributed by atoms with Crippen LogP contribution >= 0.6 is 0 Å². The Hall–Kier alpha value is -2.68. The van der Waals surface area contributed by atoms with E-state index in [4.69, 9.17) is 10.8 Å². The number of nitrogens with zero attached hydrogens (tertiary/aromatic N) is 3. The topological polar surface area (TPSA) is 111 Å². The standard InChI is InChI=1S/C18H21FN4O4/c1-18(8-20)4-5-22(9-18)16-12(19)6-11-14(24)13(27-17(25)26)7-23(10-2-3-10)15(11)21-16/h6-7,10H,2-5,8-9,20H2,1H3,(H,25,26). The van der Waals surface area contributed by atoms with Gasteiger partial charge >= 0.3 is 6.16 Å². The predicted molar refractivity (Wildman–Crippen MR) is 96.9 cm³/mol. The number of ether oxygens (including phenoxy) is 1. The minimum atomic E-state index is -1.59. The average molecular weight is 376 g/mol. The van der Waals surface area contributed by atoms with Crippen molar-refractivity contribution >= 4 is 23.0 Å². The van der Waals surface area contributed by atoms with Gasteiger partial charge in [-0.15, -0.1) is 0 Å². The molecule has 2 aromatic heterocycles. The van der Waals surface area contributed by atoms with Gasteiger partial charge in [-0.05, 0) is 37.3 Å². The second-order valence-corrected chi connectivity index (χ2v) is 7.68. The van der Waals surface area contributed by atoms with Crippen LogP contribution in [0.25, 0.3) is 11.0 Å². The van der Waals surface area contributed by atoms with Gasteiger partial charge in [0.05, 0.1) is 11.6 Å². The lowest BCUT2D eigenvalue weighted by Gasteiger charge is -2.24. The van der Waals surface area contributed by atoms with E-state index in [-0.39, 0.29) is 28.4 Å². The predicted octanol–water partition coefficient (Wildman–Crippen LogP) is 2.10. The van der Waals surface area contributed by atoms with E-state index in [2.05, 4.69) is 16.6 Å². The molecule has 1 saturated carbocycles. The van der Waals surface area contributed by atoms with Gasteiger partial charge in [-0.2, -0.15) is 0 Å². The molecular weight excluding hydrogens is 355 g/mol. The first-order valence-electron chi connectivity index (χ1n) is 8.92. The van der Waals surface area contributed by atoms with Gasteiger partial charge in [-0.3, -0.25) is 4.79 Å². The van der Waals surface area contributed by atoms with Gasteiger partial charge in [-0.1, -0.05) is 6.92 Å². The van der Waals surface area contributed by atoms with E-state index in [1.165, 1.54) is 6.20 Å². The van der Waals surface area contributed by atoms with Crippen LogP contribution in [0.3, 0.4) is 0 Å². The van der Waals surface area contributed by atoms with Crippen molar-refractivity contribution in [3.63, 3.8) is 0 Å². The van der Waals surface area contributed by atoms with Gasteiger partial charge in [0, 0.05) is 19.1 Å². The molecule has 2 aliphatic rings. The minimum absolute atomic E-state index is 0.0164. The number of hydrogen-bond acceptors (Lipinski definition) is 6. The maximum Gasteiger partial charge on any atom is 0.511 e. The molecule has 1 aliphatic heterocycles. The summed E-state index contributed by atoms with van der Waals surface area (Å²) in [5, 5.41) is 8.86. The van der Waals surface area contributed by atoms with Gasteiger partial charge in [0.15, 0.2) is 17.4 Å². The fourth-order valence-electron chi connectivity index (χ4n) is 3.60. The number of rotatable bonds is 4. The number of halogens is 1. The molecule has 1 atom stereocenters. The molecule has 4 rings (SSSR count). The van der Waals surface area contributed by atoms with Crippen molar-refractivity contribution in [2.75, 3.05) is 24.5 Å². The highest BCUT2D eigenvalue weighted by molar-refractivity contribution is 5.80. The van der Waals surface area contributed by atoms with Crippen molar-refractivity contribution in [2.24, 2.45) is 11.1 Å². The highest BCUT2D eigenvalue weighted by atomic mass is 19.1. The fraction of sp³-hybridized carbons (Fsp3) is 0.500. The van der Waals surface area contributed by atoms with E-state index in [0.717, 1.165) is 25.3 Å². The zero-order valence-electron chi connectivity index (χ0n) is 14.9. The van der Waals surface area contributed by atoms with E-state index in [0.29, 0.717) is 25.3 Å². The maximum absolute atomic E-state index is 14.8. The highest BCUT2D eigenvalue weighted by Crippen LogP contribution is 2.38. The van der Waals surface area contributed by atoms with Crippen LogP contribution in [0.4, 0.5) is 15.0 Å². The molecule has 1 aliphatic carbocycles. The average Bonchev–Trinajstić information content (AvgIpc) is 3.39. The van der Waals surface area contributed by atoms with Gasteiger partial charge in [0.1, 0.15) is 5.65 Å². The first kappa shape index (κ1) is 17.7. The van der Waals surface area contributed by atoms with Crippen LogP contribution in [-0.4, -0.2) is 40.4 Å². The molecule has 3 N–H and O–H groups in total. The molecule has 144 valence electrons. The zero-order chi connectivity index (χ0) is 19.3. The molecule has 1 saturated heterocycles. The molecule has 8 nitrogen and oxygen atoms in total. The van der Waals surface area contributed by atoms with Gasteiger partial charge < -0.3 is 25.0 Å². The molecule has 0 amide bonds. The SMILES string of the molecule is CC1(CN)CCN(c2nc3c(cc2F)c(=O)c(OC(=O)O)cn3C2CC2)C1. The second-order valence-electron chi connectivity index (χ2n) is 7.68. The number of anilines is 1. The van der Waals surface area contributed by atoms with Gasteiger partial charge in [0.2, 0.25) is 5.43 Å². The van der Waals surface area contributed by atoms with E-state index in [1.807, 2.05) is 4.90 Å². The lowest BCUT2D eigenvalue weighted by atomic mass is 9.90. The molecule has 0 radical (unpaired) electrons. The molecular formula is C18H21FN4O4. The lowest BCUT2D eigenvalue weighted by Crippen LogP contribution is -2.32. The molecule has 27 heavy (non-hydrogen) atoms. The normalized spacial score (nSPS) is 22.4. The summed E-state index contributed by atoms with van der Waals surface area (Å²) >= 11 is 0. The molecule has 2 fully saturated rings. The first-order valence-corrected chi connectivity index (χ1v) is 8.92. The molecule has 3 heterocycles. The van der Waals surface area contributed by atoms with E-state index < -0.39 is 17.4 Å². The monoisotopic (exact) mass is 376 g/mol. The van der Waals surface area contributed by atoms with Crippen molar-refractivity contribution in [1.29, 1.82) is 0 Å². The molecule has 2 aromatic rings. The minimum Gasteiger partial charge on any atom is -0.449 e. The largest absolute Gasteiger partial charge is 0.511 e. The third-order valence-corrected chi connectivity index (χ3v) is 5.39. The Morgan fingerprint density at radius 3 is 2.85 bits per heavy atom. The van der Waals surface area contributed by atoms with Crippen molar-refractivity contribution in [3.8, 4) is 5.75 Å². The van der Waals surface area contributed by atoms with Crippen molar-refractivity contribution < 1.29 is 19.0 Å². The van der Waals surface area contributed by atoms with Crippen LogP contribution in [0.1, 0.15) is 32.2 Å². The van der Waals surface area contributed by atoms with E-state index in [1.54, 1.807) is 4.57 Å². The summed E-state index contributed by atoms with van der Waals surface area (Å²) in [6.07, 6.45) is 2.38. The third-order valence-electron chi connectivity index (χ3n) is 5.39.